The lowest BCUT2D eigenvalue weighted by molar-refractivity contribution is -0.385. The Kier molecular flexibility index (Phi) is 3.53. The van der Waals surface area contributed by atoms with Crippen molar-refractivity contribution in [3.8, 4) is 0 Å². The molecule has 25 heavy (non-hydrogen) atoms. The van der Waals surface area contributed by atoms with E-state index in [4.69, 9.17) is 0 Å². The number of carboxylic acids is 1. The van der Waals surface area contributed by atoms with Gasteiger partial charge in [0.25, 0.3) is 5.69 Å². The van der Waals surface area contributed by atoms with E-state index in [1.165, 1.54) is 6.07 Å². The fourth-order valence-corrected chi connectivity index (χ4v) is 3.95. The summed E-state index contributed by atoms with van der Waals surface area (Å²) in [5, 5.41) is 24.1. The molecule has 2 aromatic rings. The summed E-state index contributed by atoms with van der Waals surface area (Å²) < 4.78 is 0. The fraction of sp³-hybridized carbons (Fsp3) is 0.211. The highest BCUT2D eigenvalue weighted by atomic mass is 16.6. The summed E-state index contributed by atoms with van der Waals surface area (Å²) in [6.45, 7) is 0. The third-order valence-corrected chi connectivity index (χ3v) is 5.08. The van der Waals surface area contributed by atoms with E-state index in [9.17, 15) is 20.0 Å². The number of allylic oxidation sites excluding steroid dienone is 2. The van der Waals surface area contributed by atoms with Gasteiger partial charge in [-0.2, -0.15) is 0 Å². The van der Waals surface area contributed by atoms with E-state index < -0.39 is 5.97 Å². The summed E-state index contributed by atoms with van der Waals surface area (Å²) in [6.07, 6.45) is 4.95. The molecular weight excluding hydrogens is 320 g/mol. The lowest BCUT2D eigenvalue weighted by Crippen LogP contribution is -2.29. The van der Waals surface area contributed by atoms with Crippen LogP contribution in [0.2, 0.25) is 0 Å². The highest BCUT2D eigenvalue weighted by molar-refractivity contribution is 5.89. The van der Waals surface area contributed by atoms with E-state index >= 15 is 0 Å². The summed E-state index contributed by atoms with van der Waals surface area (Å²) in [7, 11) is 0. The highest BCUT2D eigenvalue weighted by Crippen LogP contribution is 2.51. The number of fused-ring (bicyclic) bond motifs is 3. The second-order valence-corrected chi connectivity index (χ2v) is 6.40. The largest absolute Gasteiger partial charge is 0.478 e. The Hall–Kier alpha value is -3.15. The Balaban J connectivity index is 1.81. The van der Waals surface area contributed by atoms with Crippen molar-refractivity contribution < 1.29 is 14.8 Å². The molecular formula is C19H16N2O4. The topological polar surface area (TPSA) is 92.5 Å². The third kappa shape index (κ3) is 2.46. The molecule has 0 spiro atoms. The number of nitrogens with one attached hydrogen (secondary N) is 1. The van der Waals surface area contributed by atoms with Crippen molar-refractivity contribution in [2.75, 3.05) is 5.32 Å². The van der Waals surface area contributed by atoms with Crippen LogP contribution < -0.4 is 5.32 Å². The lowest BCUT2D eigenvalue weighted by Gasteiger charge is -2.37. The van der Waals surface area contributed by atoms with Crippen molar-refractivity contribution >= 4 is 17.3 Å². The quantitative estimate of drug-likeness (QED) is 0.500. The van der Waals surface area contributed by atoms with Gasteiger partial charge in [-0.05, 0) is 36.1 Å². The molecule has 0 saturated heterocycles. The number of anilines is 1. The first-order valence-corrected chi connectivity index (χ1v) is 8.10. The summed E-state index contributed by atoms with van der Waals surface area (Å²) in [5.41, 5.74) is 2.80. The summed E-state index contributed by atoms with van der Waals surface area (Å²) in [6, 6.07) is 11.6. The molecule has 2 aromatic carbocycles. The molecule has 6 heteroatoms. The van der Waals surface area contributed by atoms with Crippen LogP contribution in [0.4, 0.5) is 11.4 Å². The predicted molar refractivity (Wildman–Crippen MR) is 92.8 cm³/mol. The number of para-hydroxylation sites is 1. The van der Waals surface area contributed by atoms with Gasteiger partial charge >= 0.3 is 5.97 Å². The lowest BCUT2D eigenvalue weighted by atomic mass is 9.76. The van der Waals surface area contributed by atoms with Gasteiger partial charge in [0.15, 0.2) is 0 Å². The average Bonchev–Trinajstić information content (AvgIpc) is 3.10. The number of carbonyl (C=O) groups is 1. The van der Waals surface area contributed by atoms with Gasteiger partial charge in [-0.1, -0.05) is 30.4 Å². The van der Waals surface area contributed by atoms with Crippen LogP contribution in [0.1, 0.15) is 39.9 Å². The second kappa shape index (κ2) is 5.73. The smallest absolute Gasteiger partial charge is 0.335 e. The first-order chi connectivity index (χ1) is 12.1. The van der Waals surface area contributed by atoms with E-state index in [0.29, 0.717) is 5.56 Å². The number of hydrogen-bond donors (Lipinski definition) is 2. The zero-order valence-corrected chi connectivity index (χ0v) is 13.3. The Bertz CT molecular complexity index is 906. The zero-order chi connectivity index (χ0) is 17.6. The van der Waals surface area contributed by atoms with E-state index in [1.54, 1.807) is 30.3 Å². The molecule has 0 saturated carbocycles. The molecule has 6 nitrogen and oxygen atoms in total. The molecule has 4 rings (SSSR count). The van der Waals surface area contributed by atoms with Crippen LogP contribution in [0.5, 0.6) is 0 Å². The number of hydrogen-bond acceptors (Lipinski definition) is 4. The standard InChI is InChI=1S/C19H16N2O4/c22-19(23)11-8-9-16-15(10-11)12-5-3-6-13(12)18(20-16)14-4-1-2-7-17(14)21(24)25/h1-5,7-10,12-13,18,20H,6H2,(H,22,23)/t12-,13-,18-/m0/s1. The van der Waals surface area contributed by atoms with Crippen molar-refractivity contribution in [2.24, 2.45) is 5.92 Å². The Morgan fingerprint density at radius 1 is 1.20 bits per heavy atom. The second-order valence-electron chi connectivity index (χ2n) is 6.40. The van der Waals surface area contributed by atoms with Gasteiger partial charge in [0.1, 0.15) is 0 Å². The van der Waals surface area contributed by atoms with Gasteiger partial charge in [0.2, 0.25) is 0 Å². The minimum absolute atomic E-state index is 0.0559. The van der Waals surface area contributed by atoms with E-state index in [-0.39, 0.29) is 34.1 Å². The first-order valence-electron chi connectivity index (χ1n) is 8.10. The number of benzene rings is 2. The van der Waals surface area contributed by atoms with Gasteiger partial charge in [-0.3, -0.25) is 10.1 Å². The maximum Gasteiger partial charge on any atom is 0.335 e. The van der Waals surface area contributed by atoms with E-state index in [2.05, 4.69) is 17.5 Å². The van der Waals surface area contributed by atoms with Crippen molar-refractivity contribution in [3.05, 3.63) is 81.4 Å². The molecule has 1 heterocycles. The highest BCUT2D eigenvalue weighted by Gasteiger charge is 2.40. The minimum atomic E-state index is -0.956. The van der Waals surface area contributed by atoms with Crippen molar-refractivity contribution in [1.82, 2.24) is 0 Å². The maximum absolute atomic E-state index is 11.4. The van der Waals surface area contributed by atoms with Crippen LogP contribution in [0.3, 0.4) is 0 Å². The van der Waals surface area contributed by atoms with E-state index in [0.717, 1.165) is 17.7 Å². The van der Waals surface area contributed by atoms with Crippen LogP contribution in [-0.2, 0) is 0 Å². The average molecular weight is 336 g/mol. The number of aromatic carboxylic acids is 1. The number of nitro benzene ring substituents is 1. The van der Waals surface area contributed by atoms with Crippen LogP contribution in [0, 0.1) is 16.0 Å². The molecule has 3 atom stereocenters. The van der Waals surface area contributed by atoms with Gasteiger partial charge < -0.3 is 10.4 Å². The minimum Gasteiger partial charge on any atom is -0.478 e. The van der Waals surface area contributed by atoms with Crippen molar-refractivity contribution in [1.29, 1.82) is 0 Å². The normalized spacial score (nSPS) is 23.4. The summed E-state index contributed by atoms with van der Waals surface area (Å²) >= 11 is 0. The number of carboxylic acid groups (broad SMARTS) is 1. The van der Waals surface area contributed by atoms with Crippen LogP contribution >= 0.6 is 0 Å². The molecule has 0 fully saturated rings. The van der Waals surface area contributed by atoms with Crippen molar-refractivity contribution in [3.63, 3.8) is 0 Å². The van der Waals surface area contributed by atoms with E-state index in [1.807, 2.05) is 6.07 Å². The summed E-state index contributed by atoms with van der Waals surface area (Å²) in [5.74, 6) is -0.778. The van der Waals surface area contributed by atoms with Crippen LogP contribution in [0.25, 0.3) is 0 Å². The number of nitro groups is 1. The molecule has 1 aliphatic carbocycles. The zero-order valence-electron chi connectivity index (χ0n) is 13.3. The fourth-order valence-electron chi connectivity index (χ4n) is 3.95. The third-order valence-electron chi connectivity index (χ3n) is 5.08. The molecule has 1 aliphatic heterocycles. The maximum atomic E-state index is 11.4. The molecule has 0 bridgehead atoms. The number of nitrogens with zero attached hydrogens (tertiary/aromatic N) is 1. The van der Waals surface area contributed by atoms with Gasteiger partial charge in [-0.15, -0.1) is 0 Å². The Labute approximate surface area is 144 Å². The van der Waals surface area contributed by atoms with Gasteiger partial charge in [-0.25, -0.2) is 4.79 Å². The molecule has 126 valence electrons. The summed E-state index contributed by atoms with van der Waals surface area (Å²) in [4.78, 5) is 22.3. The first kappa shape index (κ1) is 15.4. The molecule has 2 N–H and O–H groups in total. The molecule has 0 radical (unpaired) electrons. The van der Waals surface area contributed by atoms with Crippen LogP contribution in [0.15, 0.2) is 54.6 Å². The molecule has 0 amide bonds. The molecule has 0 unspecified atom stereocenters. The monoisotopic (exact) mass is 336 g/mol. The number of rotatable bonds is 3. The Morgan fingerprint density at radius 3 is 2.76 bits per heavy atom. The van der Waals surface area contributed by atoms with Crippen molar-refractivity contribution in [2.45, 2.75) is 18.4 Å². The molecule has 2 aliphatic rings. The van der Waals surface area contributed by atoms with Crippen LogP contribution in [-0.4, -0.2) is 16.0 Å². The van der Waals surface area contributed by atoms with Gasteiger partial charge in [0.05, 0.1) is 22.1 Å². The molecule has 0 aromatic heterocycles. The Morgan fingerprint density at radius 2 is 2.00 bits per heavy atom. The predicted octanol–water partition coefficient (Wildman–Crippen LogP) is 4.12. The van der Waals surface area contributed by atoms with Gasteiger partial charge in [0, 0.05) is 17.7 Å². The SMILES string of the molecule is O=C(O)c1ccc2c(c1)[C@H]1C=CC[C@@H]1[C@@H](c1ccccc1[N+](=O)[O-])N2.